The highest BCUT2D eigenvalue weighted by molar-refractivity contribution is 9.10. The monoisotopic (exact) mass is 499 g/mol. The Labute approximate surface area is 195 Å². The lowest BCUT2D eigenvalue weighted by atomic mass is 9.94. The molecule has 1 heterocycles. The van der Waals surface area contributed by atoms with Crippen LogP contribution in [0.3, 0.4) is 0 Å². The molecule has 3 amide bonds. The molecule has 0 aromatic heterocycles. The van der Waals surface area contributed by atoms with Crippen molar-refractivity contribution in [2.45, 2.75) is 33.2 Å². The van der Waals surface area contributed by atoms with Gasteiger partial charge in [0.1, 0.15) is 0 Å². The van der Waals surface area contributed by atoms with E-state index in [0.717, 1.165) is 16.5 Å². The van der Waals surface area contributed by atoms with Crippen LogP contribution in [0.15, 0.2) is 64.3 Å². The van der Waals surface area contributed by atoms with Gasteiger partial charge in [0.15, 0.2) is 0 Å². The molecule has 1 atom stereocenters. The van der Waals surface area contributed by atoms with Crippen molar-refractivity contribution in [2.75, 3.05) is 18.5 Å². The highest BCUT2D eigenvalue weighted by atomic mass is 79.9. The number of amides is 3. The number of anilines is 1. The second kappa shape index (κ2) is 10.5. The average molecular weight is 500 g/mol. The van der Waals surface area contributed by atoms with Crippen molar-refractivity contribution in [3.63, 3.8) is 0 Å². The molecule has 0 bridgehead atoms. The molecular formula is C24H26BrN3O4. The molecule has 2 aromatic carbocycles. The van der Waals surface area contributed by atoms with Gasteiger partial charge in [-0.15, -0.1) is 0 Å². The molecule has 0 radical (unpaired) electrons. The molecule has 0 aliphatic carbocycles. The minimum Gasteiger partial charge on any atom is -0.463 e. The standard InChI is InChI=1S/C24H26BrN3O4/c1-4-14-28-15(3)20(23(30)32-5-2)21(27-24(28)31)16-8-12-19(13-9-16)26-22(29)17-6-10-18(25)11-7-17/h6-13,21H,4-5,14H2,1-3H3,(H,26,29)(H,27,31). The molecule has 0 saturated carbocycles. The summed E-state index contributed by atoms with van der Waals surface area (Å²) >= 11 is 3.35. The van der Waals surface area contributed by atoms with E-state index in [-0.39, 0.29) is 18.5 Å². The number of nitrogens with zero attached hydrogens (tertiary/aromatic N) is 1. The fourth-order valence-electron chi connectivity index (χ4n) is 3.56. The molecule has 32 heavy (non-hydrogen) atoms. The molecule has 0 saturated heterocycles. The summed E-state index contributed by atoms with van der Waals surface area (Å²) in [5.74, 6) is -0.682. The maximum absolute atomic E-state index is 12.7. The van der Waals surface area contributed by atoms with Crippen LogP contribution < -0.4 is 10.6 Å². The Hall–Kier alpha value is -3.13. The van der Waals surface area contributed by atoms with E-state index in [1.165, 1.54) is 0 Å². The van der Waals surface area contributed by atoms with E-state index in [4.69, 9.17) is 4.74 Å². The summed E-state index contributed by atoms with van der Waals surface area (Å²) in [5, 5.41) is 5.77. The van der Waals surface area contributed by atoms with Crippen molar-refractivity contribution < 1.29 is 19.1 Å². The number of rotatable bonds is 7. The summed E-state index contributed by atoms with van der Waals surface area (Å²) in [6, 6.07) is 13.2. The Morgan fingerprint density at radius 3 is 2.34 bits per heavy atom. The van der Waals surface area contributed by atoms with Gasteiger partial charge in [0.05, 0.1) is 18.2 Å². The zero-order chi connectivity index (χ0) is 23.3. The summed E-state index contributed by atoms with van der Waals surface area (Å²) < 4.78 is 6.16. The molecular weight excluding hydrogens is 474 g/mol. The lowest BCUT2D eigenvalue weighted by Crippen LogP contribution is -2.48. The van der Waals surface area contributed by atoms with Crippen LogP contribution in [-0.4, -0.2) is 36.0 Å². The third-order valence-corrected chi connectivity index (χ3v) is 5.68. The second-order valence-electron chi connectivity index (χ2n) is 7.34. The maximum Gasteiger partial charge on any atom is 0.338 e. The molecule has 3 rings (SSSR count). The molecule has 168 valence electrons. The SMILES string of the molecule is CCCN1C(=O)NC(c2ccc(NC(=O)c3ccc(Br)cc3)cc2)C(C(=O)OCC)=C1C. The van der Waals surface area contributed by atoms with Gasteiger partial charge in [0.2, 0.25) is 0 Å². The van der Waals surface area contributed by atoms with Crippen molar-refractivity contribution >= 4 is 39.5 Å². The van der Waals surface area contributed by atoms with Crippen LogP contribution in [0.5, 0.6) is 0 Å². The molecule has 1 unspecified atom stereocenters. The van der Waals surface area contributed by atoms with Gasteiger partial charge in [0, 0.05) is 28.0 Å². The zero-order valence-electron chi connectivity index (χ0n) is 18.3. The van der Waals surface area contributed by atoms with E-state index >= 15 is 0 Å². The van der Waals surface area contributed by atoms with Crippen molar-refractivity contribution in [3.05, 3.63) is 75.4 Å². The minimum absolute atomic E-state index is 0.227. The first-order chi connectivity index (χ1) is 15.3. The lowest BCUT2D eigenvalue weighted by molar-refractivity contribution is -0.139. The van der Waals surface area contributed by atoms with E-state index in [9.17, 15) is 14.4 Å². The number of ether oxygens (including phenoxy) is 1. The number of allylic oxidation sites excluding steroid dienone is 1. The first-order valence-electron chi connectivity index (χ1n) is 10.5. The van der Waals surface area contributed by atoms with Crippen LogP contribution in [0.2, 0.25) is 0 Å². The number of esters is 1. The number of halogens is 1. The van der Waals surface area contributed by atoms with E-state index in [0.29, 0.717) is 29.1 Å². The Bertz CT molecular complexity index is 1030. The summed E-state index contributed by atoms with van der Waals surface area (Å²) in [6.07, 6.45) is 0.762. The average Bonchev–Trinajstić information content (AvgIpc) is 2.77. The van der Waals surface area contributed by atoms with Gasteiger partial charge < -0.3 is 15.4 Å². The fourth-order valence-corrected chi connectivity index (χ4v) is 3.83. The van der Waals surface area contributed by atoms with Crippen molar-refractivity contribution in [2.24, 2.45) is 0 Å². The van der Waals surface area contributed by atoms with Crippen molar-refractivity contribution in [1.82, 2.24) is 10.2 Å². The highest BCUT2D eigenvalue weighted by Crippen LogP contribution is 2.32. The molecule has 1 aliphatic heterocycles. The lowest BCUT2D eigenvalue weighted by Gasteiger charge is -2.35. The highest BCUT2D eigenvalue weighted by Gasteiger charge is 2.36. The van der Waals surface area contributed by atoms with Crippen molar-refractivity contribution in [1.29, 1.82) is 0 Å². The van der Waals surface area contributed by atoms with Crippen LogP contribution in [0.4, 0.5) is 10.5 Å². The smallest absolute Gasteiger partial charge is 0.338 e. The summed E-state index contributed by atoms with van der Waals surface area (Å²) in [4.78, 5) is 39.4. The number of carbonyl (C=O) groups excluding carboxylic acids is 3. The summed E-state index contributed by atoms with van der Waals surface area (Å²) in [5.41, 5.74) is 2.86. The van der Waals surface area contributed by atoms with Crippen LogP contribution in [0.25, 0.3) is 0 Å². The van der Waals surface area contributed by atoms with Gasteiger partial charge >= 0.3 is 12.0 Å². The summed E-state index contributed by atoms with van der Waals surface area (Å²) in [7, 11) is 0. The molecule has 0 fully saturated rings. The van der Waals surface area contributed by atoms with Gasteiger partial charge in [-0.25, -0.2) is 9.59 Å². The molecule has 0 spiro atoms. The third-order valence-electron chi connectivity index (χ3n) is 5.15. The van der Waals surface area contributed by atoms with E-state index in [1.807, 2.05) is 6.92 Å². The number of carbonyl (C=O) groups is 3. The van der Waals surface area contributed by atoms with Gasteiger partial charge in [-0.1, -0.05) is 35.0 Å². The summed E-state index contributed by atoms with van der Waals surface area (Å²) in [6.45, 7) is 6.23. The van der Waals surface area contributed by atoms with Crippen LogP contribution in [0, 0.1) is 0 Å². The van der Waals surface area contributed by atoms with Crippen LogP contribution >= 0.6 is 15.9 Å². The number of benzene rings is 2. The zero-order valence-corrected chi connectivity index (χ0v) is 19.9. The molecule has 2 N–H and O–H groups in total. The van der Waals surface area contributed by atoms with E-state index < -0.39 is 12.0 Å². The first-order valence-corrected chi connectivity index (χ1v) is 11.3. The Morgan fingerprint density at radius 1 is 1.09 bits per heavy atom. The maximum atomic E-state index is 12.7. The van der Waals surface area contributed by atoms with Crippen LogP contribution in [-0.2, 0) is 9.53 Å². The van der Waals surface area contributed by atoms with Gasteiger partial charge in [-0.3, -0.25) is 9.69 Å². The third kappa shape index (κ3) is 5.19. The Morgan fingerprint density at radius 2 is 1.75 bits per heavy atom. The fraction of sp³-hybridized carbons (Fsp3) is 0.292. The van der Waals surface area contributed by atoms with E-state index in [2.05, 4.69) is 26.6 Å². The minimum atomic E-state index is -0.633. The normalized spacial score (nSPS) is 15.9. The topological polar surface area (TPSA) is 87.7 Å². The van der Waals surface area contributed by atoms with Crippen molar-refractivity contribution in [3.8, 4) is 0 Å². The molecule has 7 nitrogen and oxygen atoms in total. The predicted octanol–water partition coefficient (Wildman–Crippen LogP) is 5.01. The Kier molecular flexibility index (Phi) is 7.69. The van der Waals surface area contributed by atoms with Gasteiger partial charge in [-0.2, -0.15) is 0 Å². The molecule has 2 aromatic rings. The molecule has 1 aliphatic rings. The van der Waals surface area contributed by atoms with Gasteiger partial charge in [-0.05, 0) is 62.2 Å². The molecule has 8 heteroatoms. The Balaban J connectivity index is 1.85. The predicted molar refractivity (Wildman–Crippen MR) is 126 cm³/mol. The quantitative estimate of drug-likeness (QED) is 0.523. The van der Waals surface area contributed by atoms with Gasteiger partial charge in [0.25, 0.3) is 5.91 Å². The van der Waals surface area contributed by atoms with E-state index in [1.54, 1.807) is 67.3 Å². The number of urea groups is 1. The first kappa shape index (κ1) is 23.5. The largest absolute Gasteiger partial charge is 0.463 e. The van der Waals surface area contributed by atoms with Crippen LogP contribution in [0.1, 0.15) is 49.2 Å². The second-order valence-corrected chi connectivity index (χ2v) is 8.25. The number of hydrogen-bond donors (Lipinski definition) is 2. The number of hydrogen-bond acceptors (Lipinski definition) is 4. The number of nitrogens with one attached hydrogen (secondary N) is 2.